The molecule has 1 aliphatic rings. The maximum absolute atomic E-state index is 12.4. The Morgan fingerprint density at radius 3 is 1.94 bits per heavy atom. The van der Waals surface area contributed by atoms with Crippen LogP contribution in [0.2, 0.25) is 0 Å². The van der Waals surface area contributed by atoms with Gasteiger partial charge in [-0.2, -0.15) is 4.99 Å². The van der Waals surface area contributed by atoms with E-state index in [0.717, 1.165) is 62.4 Å². The van der Waals surface area contributed by atoms with Crippen molar-refractivity contribution in [2.45, 2.75) is 6.92 Å². The number of amidine groups is 1. The number of nitrogens with zero attached hydrogens (tertiary/aromatic N) is 2. The Morgan fingerprint density at radius 1 is 0.792 bits per heavy atom. The van der Waals surface area contributed by atoms with Gasteiger partial charge in [-0.15, -0.1) is 0 Å². The number of carboxylic acid groups (broad SMARTS) is 1. The number of anilines is 3. The number of methoxy groups -OCH3 is 1. The van der Waals surface area contributed by atoms with Gasteiger partial charge in [0.2, 0.25) is 0 Å². The summed E-state index contributed by atoms with van der Waals surface area (Å²) in [5.74, 6) is -0.821. The number of carboxylic acids is 1. The molecule has 0 aliphatic carbocycles. The Balaban J connectivity index is 1.30. The Hall–Kier alpha value is -5.86. The lowest BCUT2D eigenvalue weighted by atomic mass is 9.95. The molecule has 0 fully saturated rings. The minimum absolute atomic E-state index is 0.180. The molecule has 0 bridgehead atoms. The van der Waals surface area contributed by atoms with Crippen LogP contribution in [0.3, 0.4) is 0 Å². The molecule has 238 valence electrons. The van der Waals surface area contributed by atoms with Crippen LogP contribution in [0.1, 0.15) is 27.8 Å². The van der Waals surface area contributed by atoms with Crippen molar-refractivity contribution in [2.75, 3.05) is 17.8 Å². The largest absolute Gasteiger partial charge is 0.497 e. The van der Waals surface area contributed by atoms with E-state index in [2.05, 4.69) is 101 Å². The van der Waals surface area contributed by atoms with Crippen LogP contribution in [0.5, 0.6) is 5.75 Å². The van der Waals surface area contributed by atoms with Gasteiger partial charge in [0.15, 0.2) is 5.17 Å². The van der Waals surface area contributed by atoms with Gasteiger partial charge in [-0.1, -0.05) is 96.2 Å². The minimum Gasteiger partial charge on any atom is -0.497 e. The Bertz CT molecular complexity index is 2000. The molecule has 0 radical (unpaired) electrons. The molecule has 1 amide bonds. The fourth-order valence-electron chi connectivity index (χ4n) is 5.28. The van der Waals surface area contributed by atoms with Crippen molar-refractivity contribution >= 4 is 63.6 Å². The number of benzene rings is 5. The third-order valence-electron chi connectivity index (χ3n) is 7.71. The first kappa shape index (κ1) is 32.1. The maximum Gasteiger partial charge on any atom is 0.313 e. The van der Waals surface area contributed by atoms with Crippen molar-refractivity contribution in [3.05, 3.63) is 161 Å². The summed E-state index contributed by atoms with van der Waals surface area (Å²) in [6, 6.07) is 43.2. The lowest BCUT2D eigenvalue weighted by Gasteiger charge is -2.26. The van der Waals surface area contributed by atoms with E-state index in [1.807, 2.05) is 54.6 Å². The zero-order valence-corrected chi connectivity index (χ0v) is 27.3. The topological polar surface area (TPSA) is 91.2 Å². The van der Waals surface area contributed by atoms with Gasteiger partial charge in [-0.3, -0.25) is 9.59 Å². The molecule has 7 nitrogen and oxygen atoms in total. The monoisotopic (exact) mass is 651 g/mol. The summed E-state index contributed by atoms with van der Waals surface area (Å²) in [7, 11) is 1.65. The predicted molar refractivity (Wildman–Crippen MR) is 196 cm³/mol. The summed E-state index contributed by atoms with van der Waals surface area (Å²) in [6.07, 6.45) is 3.93. The highest BCUT2D eigenvalue weighted by Crippen LogP contribution is 2.36. The lowest BCUT2D eigenvalue weighted by molar-refractivity contribution is -0.133. The average Bonchev–Trinajstić information content (AvgIpc) is 3.47. The van der Waals surface area contributed by atoms with E-state index in [9.17, 15) is 9.59 Å². The van der Waals surface area contributed by atoms with E-state index in [-0.39, 0.29) is 10.9 Å². The molecule has 5 aromatic rings. The van der Waals surface area contributed by atoms with Crippen molar-refractivity contribution in [1.29, 1.82) is 0 Å². The normalized spacial score (nSPS) is 13.6. The highest BCUT2D eigenvalue weighted by molar-refractivity contribution is 8.14. The molecule has 0 unspecified atom stereocenters. The predicted octanol–water partition coefficient (Wildman–Crippen LogP) is 8.71. The maximum atomic E-state index is 12.4. The Morgan fingerprint density at radius 2 is 1.35 bits per heavy atom. The molecular weight excluding hydrogens is 619 g/mol. The van der Waals surface area contributed by atoms with Crippen LogP contribution < -0.4 is 15.0 Å². The molecule has 48 heavy (non-hydrogen) atoms. The first-order valence-corrected chi connectivity index (χ1v) is 16.3. The second-order valence-electron chi connectivity index (χ2n) is 11.1. The van der Waals surface area contributed by atoms with E-state index in [0.29, 0.717) is 5.70 Å². The van der Waals surface area contributed by atoms with Crippen LogP contribution in [-0.4, -0.2) is 35.0 Å². The molecule has 0 saturated heterocycles. The number of amides is 1. The highest BCUT2D eigenvalue weighted by atomic mass is 32.2. The lowest BCUT2D eigenvalue weighted by Crippen LogP contribution is -2.16. The summed E-state index contributed by atoms with van der Waals surface area (Å²) >= 11 is 0.975. The van der Waals surface area contributed by atoms with Crippen LogP contribution in [0.15, 0.2) is 138 Å². The number of aliphatic imine (C=N–C) groups is 1. The van der Waals surface area contributed by atoms with Crippen LogP contribution in [-0.2, 0) is 9.59 Å². The number of carbonyl (C=O) groups is 2. The smallest absolute Gasteiger partial charge is 0.313 e. The van der Waals surface area contributed by atoms with E-state index in [4.69, 9.17) is 9.84 Å². The number of carbonyl (C=O) groups excluding carboxylic acids is 1. The summed E-state index contributed by atoms with van der Waals surface area (Å²) < 4.78 is 5.41. The van der Waals surface area contributed by atoms with Crippen LogP contribution in [0.25, 0.3) is 17.7 Å². The fraction of sp³-hybridized carbons (Fsp3) is 0.0750. The SMILES string of the molecule is COc1ccc(N(c2ccc(C=C3NC(SCC(=O)O)=NC3=O)cc2)c2ccc(/C=C(\c3ccccc3)c3ccc(C)cc3)cc2)cc1. The summed E-state index contributed by atoms with van der Waals surface area (Å²) in [5.41, 5.74) is 9.70. The van der Waals surface area contributed by atoms with Gasteiger partial charge < -0.3 is 20.1 Å². The molecule has 6 rings (SSSR count). The average molecular weight is 652 g/mol. The van der Waals surface area contributed by atoms with E-state index >= 15 is 0 Å². The van der Waals surface area contributed by atoms with Gasteiger partial charge in [0, 0.05) is 17.1 Å². The van der Waals surface area contributed by atoms with E-state index in [1.54, 1.807) is 13.2 Å². The Labute approximate surface area is 283 Å². The Kier molecular flexibility index (Phi) is 9.83. The second-order valence-corrected chi connectivity index (χ2v) is 12.1. The van der Waals surface area contributed by atoms with Gasteiger partial charge >= 0.3 is 5.97 Å². The first-order valence-electron chi connectivity index (χ1n) is 15.3. The number of aryl methyl sites for hydroxylation is 1. The van der Waals surface area contributed by atoms with Gasteiger partial charge in [0.25, 0.3) is 5.91 Å². The number of nitrogens with one attached hydrogen (secondary N) is 1. The highest BCUT2D eigenvalue weighted by Gasteiger charge is 2.21. The van der Waals surface area contributed by atoms with Gasteiger partial charge in [-0.05, 0) is 95.4 Å². The van der Waals surface area contributed by atoms with Crippen molar-refractivity contribution in [1.82, 2.24) is 5.32 Å². The van der Waals surface area contributed by atoms with Crippen molar-refractivity contribution < 1.29 is 19.4 Å². The van der Waals surface area contributed by atoms with E-state index < -0.39 is 11.9 Å². The number of ether oxygens (including phenoxy) is 1. The van der Waals surface area contributed by atoms with Crippen molar-refractivity contribution in [2.24, 2.45) is 4.99 Å². The molecular formula is C40H33N3O4S. The standard InChI is InChI=1S/C40H33N3O4S/c1-27-8-14-31(15-9-27)36(30-6-4-3-5-7-30)24-28-10-16-32(17-11-28)43(34-20-22-35(47-2)23-21-34)33-18-12-29(13-19-33)25-37-39(46)42-40(41-37)48-26-38(44)45/h3-25H,26H2,1-2H3,(H,44,45)(H,41,42,46)/b36-24+,37-25?. The number of aliphatic carboxylic acids is 1. The van der Waals surface area contributed by atoms with Crippen molar-refractivity contribution in [3.63, 3.8) is 0 Å². The number of thioether (sulfide) groups is 1. The zero-order chi connectivity index (χ0) is 33.5. The molecule has 0 spiro atoms. The fourth-order valence-corrected chi connectivity index (χ4v) is 5.87. The molecule has 0 atom stereocenters. The molecule has 1 aliphatic heterocycles. The van der Waals surface area contributed by atoms with Crippen LogP contribution in [0.4, 0.5) is 17.1 Å². The van der Waals surface area contributed by atoms with Crippen molar-refractivity contribution in [3.8, 4) is 5.75 Å². The van der Waals surface area contributed by atoms with Gasteiger partial charge in [0.05, 0.1) is 12.9 Å². The zero-order valence-electron chi connectivity index (χ0n) is 26.5. The molecule has 2 N–H and O–H groups in total. The number of hydrogen-bond donors (Lipinski definition) is 2. The summed E-state index contributed by atoms with van der Waals surface area (Å²) in [5, 5.41) is 12.1. The molecule has 5 aromatic carbocycles. The molecule has 8 heteroatoms. The minimum atomic E-state index is -0.975. The third kappa shape index (κ3) is 7.74. The quantitative estimate of drug-likeness (QED) is 0.115. The van der Waals surface area contributed by atoms with Gasteiger partial charge in [-0.25, -0.2) is 0 Å². The van der Waals surface area contributed by atoms with Crippen LogP contribution in [0, 0.1) is 6.92 Å². The summed E-state index contributed by atoms with van der Waals surface area (Å²) in [4.78, 5) is 29.4. The van der Waals surface area contributed by atoms with E-state index in [1.165, 1.54) is 5.56 Å². The number of hydrogen-bond acceptors (Lipinski definition) is 6. The van der Waals surface area contributed by atoms with Crippen LogP contribution >= 0.6 is 11.8 Å². The molecule has 1 heterocycles. The molecule has 0 aromatic heterocycles. The molecule has 0 saturated carbocycles. The second kappa shape index (κ2) is 14.7. The summed E-state index contributed by atoms with van der Waals surface area (Å²) in [6.45, 7) is 2.09. The third-order valence-corrected chi connectivity index (χ3v) is 8.57. The van der Waals surface area contributed by atoms with Gasteiger partial charge in [0.1, 0.15) is 11.4 Å². The number of rotatable bonds is 10. The first-order chi connectivity index (χ1) is 23.4.